The summed E-state index contributed by atoms with van der Waals surface area (Å²) in [6.07, 6.45) is 2.73. The van der Waals surface area contributed by atoms with Crippen LogP contribution in [-0.2, 0) is 0 Å². The molecule has 0 aliphatic carbocycles. The Hall–Kier alpha value is -3.09. The SMILES string of the molecule is O=C(Nc1ccc2nc[nH]c2c1)c1c[nH]c(=O)cc1O. The summed E-state index contributed by atoms with van der Waals surface area (Å²) in [6.45, 7) is 0. The summed E-state index contributed by atoms with van der Waals surface area (Å²) in [4.78, 5) is 32.3. The van der Waals surface area contributed by atoms with Gasteiger partial charge in [-0.3, -0.25) is 9.59 Å². The summed E-state index contributed by atoms with van der Waals surface area (Å²) in [7, 11) is 0. The first-order valence-corrected chi connectivity index (χ1v) is 5.80. The van der Waals surface area contributed by atoms with E-state index in [9.17, 15) is 14.7 Å². The van der Waals surface area contributed by atoms with Crippen LogP contribution < -0.4 is 10.9 Å². The van der Waals surface area contributed by atoms with Crippen LogP contribution in [0.4, 0.5) is 5.69 Å². The van der Waals surface area contributed by atoms with Crippen LogP contribution in [0.5, 0.6) is 5.75 Å². The van der Waals surface area contributed by atoms with Crippen molar-refractivity contribution in [2.24, 2.45) is 0 Å². The van der Waals surface area contributed by atoms with Gasteiger partial charge in [-0.15, -0.1) is 0 Å². The van der Waals surface area contributed by atoms with Crippen molar-refractivity contribution in [3.8, 4) is 5.75 Å². The van der Waals surface area contributed by atoms with Crippen molar-refractivity contribution >= 4 is 22.6 Å². The maximum atomic E-state index is 12.0. The van der Waals surface area contributed by atoms with E-state index in [-0.39, 0.29) is 11.3 Å². The maximum absolute atomic E-state index is 12.0. The first-order chi connectivity index (χ1) is 9.63. The number of rotatable bonds is 2. The molecule has 0 fully saturated rings. The molecule has 7 nitrogen and oxygen atoms in total. The zero-order valence-electron chi connectivity index (χ0n) is 10.2. The van der Waals surface area contributed by atoms with Crippen molar-refractivity contribution < 1.29 is 9.90 Å². The van der Waals surface area contributed by atoms with E-state index in [2.05, 4.69) is 20.3 Å². The van der Waals surface area contributed by atoms with Gasteiger partial charge in [-0.05, 0) is 18.2 Å². The second kappa shape index (κ2) is 4.54. The Morgan fingerprint density at radius 2 is 2.10 bits per heavy atom. The van der Waals surface area contributed by atoms with E-state index in [1.807, 2.05) is 0 Å². The van der Waals surface area contributed by atoms with Crippen LogP contribution in [0, 0.1) is 0 Å². The summed E-state index contributed by atoms with van der Waals surface area (Å²) in [5.74, 6) is -0.883. The lowest BCUT2D eigenvalue weighted by molar-refractivity contribution is 0.102. The summed E-state index contributed by atoms with van der Waals surface area (Å²) in [5.41, 5.74) is 1.65. The number of carbonyl (C=O) groups excluding carboxylic acids is 1. The highest BCUT2D eigenvalue weighted by Gasteiger charge is 2.12. The molecule has 100 valence electrons. The Morgan fingerprint density at radius 3 is 2.90 bits per heavy atom. The predicted octanol–water partition coefficient (Wildman–Crippen LogP) is 1.21. The largest absolute Gasteiger partial charge is 0.507 e. The molecule has 0 atom stereocenters. The van der Waals surface area contributed by atoms with Crippen molar-refractivity contribution in [2.45, 2.75) is 0 Å². The van der Waals surface area contributed by atoms with Gasteiger partial charge in [0.15, 0.2) is 0 Å². The Kier molecular flexibility index (Phi) is 2.72. The highest BCUT2D eigenvalue weighted by Crippen LogP contribution is 2.18. The normalized spacial score (nSPS) is 10.6. The average molecular weight is 270 g/mol. The van der Waals surface area contributed by atoms with Crippen LogP contribution in [0.1, 0.15) is 10.4 Å². The highest BCUT2D eigenvalue weighted by atomic mass is 16.3. The summed E-state index contributed by atoms with van der Waals surface area (Å²) >= 11 is 0. The second-order valence-electron chi connectivity index (χ2n) is 4.18. The molecule has 1 amide bonds. The fourth-order valence-corrected chi connectivity index (χ4v) is 1.85. The number of nitrogens with zero attached hydrogens (tertiary/aromatic N) is 1. The van der Waals surface area contributed by atoms with Gasteiger partial charge in [0.2, 0.25) is 0 Å². The fourth-order valence-electron chi connectivity index (χ4n) is 1.85. The molecule has 3 rings (SSSR count). The van der Waals surface area contributed by atoms with Crippen LogP contribution >= 0.6 is 0 Å². The van der Waals surface area contributed by atoms with Crippen LogP contribution in [0.3, 0.4) is 0 Å². The first-order valence-electron chi connectivity index (χ1n) is 5.80. The highest BCUT2D eigenvalue weighted by molar-refractivity contribution is 6.06. The lowest BCUT2D eigenvalue weighted by atomic mass is 10.2. The van der Waals surface area contributed by atoms with Gasteiger partial charge in [-0.2, -0.15) is 0 Å². The first kappa shape index (κ1) is 12.0. The van der Waals surface area contributed by atoms with Gasteiger partial charge in [-0.25, -0.2) is 4.98 Å². The van der Waals surface area contributed by atoms with E-state index in [4.69, 9.17) is 0 Å². The number of carbonyl (C=O) groups is 1. The number of anilines is 1. The number of hydrogen-bond acceptors (Lipinski definition) is 4. The molecule has 0 radical (unpaired) electrons. The number of imidazole rings is 1. The fraction of sp³-hybridized carbons (Fsp3) is 0. The predicted molar refractivity (Wildman–Crippen MR) is 72.8 cm³/mol. The molecule has 7 heteroatoms. The van der Waals surface area contributed by atoms with E-state index >= 15 is 0 Å². The Balaban J connectivity index is 1.89. The molecule has 0 unspecified atom stereocenters. The molecule has 4 N–H and O–H groups in total. The Bertz CT molecular complexity index is 850. The Labute approximate surface area is 112 Å². The number of hydrogen-bond donors (Lipinski definition) is 4. The minimum absolute atomic E-state index is 0.00527. The molecular weight excluding hydrogens is 260 g/mol. The van der Waals surface area contributed by atoms with Gasteiger partial charge in [0.05, 0.1) is 22.9 Å². The molecule has 2 aromatic heterocycles. The van der Waals surface area contributed by atoms with Crippen LogP contribution in [-0.4, -0.2) is 26.0 Å². The van der Waals surface area contributed by atoms with Crippen LogP contribution in [0.25, 0.3) is 11.0 Å². The minimum Gasteiger partial charge on any atom is -0.507 e. The van der Waals surface area contributed by atoms with Gasteiger partial charge in [0.1, 0.15) is 5.75 Å². The summed E-state index contributed by atoms with van der Waals surface area (Å²) < 4.78 is 0. The molecule has 0 aliphatic heterocycles. The molecular formula is C13H10N4O3. The quantitative estimate of drug-likeness (QED) is 0.560. The second-order valence-corrected chi connectivity index (χ2v) is 4.18. The number of H-pyrrole nitrogens is 2. The number of nitrogens with one attached hydrogen (secondary N) is 3. The van der Waals surface area contributed by atoms with Crippen LogP contribution in [0.2, 0.25) is 0 Å². The van der Waals surface area contributed by atoms with Gasteiger partial charge in [-0.1, -0.05) is 0 Å². The van der Waals surface area contributed by atoms with Crippen molar-refractivity contribution in [2.75, 3.05) is 5.32 Å². The summed E-state index contributed by atoms with van der Waals surface area (Å²) in [6, 6.07) is 6.13. The standard InChI is InChI=1S/C13H10N4O3/c18-11-4-12(19)14-5-8(11)13(20)17-7-1-2-9-10(3-7)16-6-15-9/h1-6H,(H,15,16)(H,17,20)(H2,14,18,19). The maximum Gasteiger partial charge on any atom is 0.260 e. The lowest BCUT2D eigenvalue weighted by Crippen LogP contribution is -2.15. The molecule has 0 spiro atoms. The molecule has 0 bridgehead atoms. The van der Waals surface area contributed by atoms with E-state index in [1.54, 1.807) is 24.5 Å². The molecule has 2 heterocycles. The average Bonchev–Trinajstić information content (AvgIpc) is 2.85. The molecule has 3 aromatic rings. The van der Waals surface area contributed by atoms with Gasteiger partial charge in [0, 0.05) is 18.0 Å². The summed E-state index contributed by atoms with van der Waals surface area (Å²) in [5, 5.41) is 12.2. The van der Waals surface area contributed by atoms with E-state index in [0.29, 0.717) is 5.69 Å². The molecule has 0 saturated heterocycles. The molecule has 0 saturated carbocycles. The smallest absolute Gasteiger partial charge is 0.260 e. The Morgan fingerprint density at radius 1 is 1.25 bits per heavy atom. The number of aromatic hydroxyl groups is 1. The van der Waals surface area contributed by atoms with Crippen molar-refractivity contribution in [1.29, 1.82) is 0 Å². The van der Waals surface area contributed by atoms with Gasteiger partial charge < -0.3 is 20.4 Å². The molecule has 1 aromatic carbocycles. The minimum atomic E-state index is -0.516. The lowest BCUT2D eigenvalue weighted by Gasteiger charge is -2.06. The van der Waals surface area contributed by atoms with E-state index in [1.165, 1.54) is 6.20 Å². The van der Waals surface area contributed by atoms with Crippen molar-refractivity contribution in [1.82, 2.24) is 15.0 Å². The molecule has 20 heavy (non-hydrogen) atoms. The van der Waals surface area contributed by atoms with Crippen molar-refractivity contribution in [3.05, 3.63) is 52.7 Å². The number of amides is 1. The van der Waals surface area contributed by atoms with Crippen molar-refractivity contribution in [3.63, 3.8) is 0 Å². The topological polar surface area (TPSA) is 111 Å². The van der Waals surface area contributed by atoms with E-state index < -0.39 is 11.5 Å². The van der Waals surface area contributed by atoms with Crippen LogP contribution in [0.15, 0.2) is 41.6 Å². The van der Waals surface area contributed by atoms with Gasteiger partial charge in [0.25, 0.3) is 11.5 Å². The number of aromatic nitrogens is 3. The van der Waals surface area contributed by atoms with E-state index in [0.717, 1.165) is 17.1 Å². The number of aromatic amines is 2. The molecule has 0 aliphatic rings. The third-order valence-electron chi connectivity index (χ3n) is 2.83. The number of pyridine rings is 1. The monoisotopic (exact) mass is 270 g/mol. The third-order valence-corrected chi connectivity index (χ3v) is 2.83. The zero-order valence-corrected chi connectivity index (χ0v) is 10.2. The zero-order chi connectivity index (χ0) is 14.1. The number of fused-ring (bicyclic) bond motifs is 1. The third kappa shape index (κ3) is 2.12. The van der Waals surface area contributed by atoms with Gasteiger partial charge >= 0.3 is 0 Å². The number of benzene rings is 1.